The third kappa shape index (κ3) is 2.55. The van der Waals surface area contributed by atoms with Crippen molar-refractivity contribution in [2.24, 2.45) is 0 Å². The van der Waals surface area contributed by atoms with Gasteiger partial charge >= 0.3 is 0 Å². The topological polar surface area (TPSA) is 67.2 Å². The quantitative estimate of drug-likeness (QED) is 0.850. The van der Waals surface area contributed by atoms with Gasteiger partial charge in [0.15, 0.2) is 0 Å². The van der Waals surface area contributed by atoms with E-state index in [1.807, 2.05) is 11.4 Å². The van der Waals surface area contributed by atoms with Crippen LogP contribution in [0.3, 0.4) is 0 Å². The smallest absolute Gasteiger partial charge is 0.266 e. The van der Waals surface area contributed by atoms with Crippen molar-refractivity contribution in [3.63, 3.8) is 0 Å². The van der Waals surface area contributed by atoms with Gasteiger partial charge in [0.05, 0.1) is 5.69 Å². The minimum atomic E-state index is 0.119. The van der Waals surface area contributed by atoms with E-state index in [9.17, 15) is 4.79 Å². The molecule has 0 N–H and O–H groups in total. The molecular weight excluding hydrogens is 312 g/mol. The molecule has 122 valence electrons. The normalized spacial score (nSPS) is 25.3. The van der Waals surface area contributed by atoms with Crippen molar-refractivity contribution >= 4 is 17.2 Å². The van der Waals surface area contributed by atoms with Crippen molar-refractivity contribution in [2.45, 2.75) is 37.8 Å². The van der Waals surface area contributed by atoms with Crippen molar-refractivity contribution < 1.29 is 4.79 Å². The van der Waals surface area contributed by atoms with E-state index < -0.39 is 0 Å². The van der Waals surface area contributed by atoms with Gasteiger partial charge in [0.2, 0.25) is 0 Å². The molecule has 8 heteroatoms. The highest BCUT2D eigenvalue weighted by Crippen LogP contribution is 2.32. The summed E-state index contributed by atoms with van der Waals surface area (Å²) in [6.45, 7) is 1.98. The number of likely N-dealkylation sites (tertiary alicyclic amines) is 2. The molecule has 0 bridgehead atoms. The number of carbonyl (C=O) groups excluding carboxylic acids is 1. The lowest BCUT2D eigenvalue weighted by Gasteiger charge is -2.33. The standard InChI is InChI=1S/C15H20N6OS/c1-19-7-2-4-11(19)12-5-3-8-20(12)15(22)14-13(6-9-23-14)21-10-16-17-18-21/h6,9-12H,2-5,7-8H2,1H3/t11-,12+/m1/s1. The number of likely N-dealkylation sites (N-methyl/N-ethyl adjacent to an activating group) is 1. The third-order valence-electron chi connectivity index (χ3n) is 5.02. The molecule has 2 fully saturated rings. The van der Waals surface area contributed by atoms with Crippen LogP contribution in [0, 0.1) is 0 Å². The zero-order valence-electron chi connectivity index (χ0n) is 13.1. The van der Waals surface area contributed by atoms with Gasteiger partial charge in [-0.15, -0.1) is 16.4 Å². The summed E-state index contributed by atoms with van der Waals surface area (Å²) in [5.74, 6) is 0.119. The highest BCUT2D eigenvalue weighted by Gasteiger charge is 2.39. The van der Waals surface area contributed by atoms with E-state index in [2.05, 4.69) is 32.4 Å². The molecule has 2 aliphatic heterocycles. The minimum absolute atomic E-state index is 0.119. The van der Waals surface area contributed by atoms with Crippen LogP contribution in [0.15, 0.2) is 17.8 Å². The van der Waals surface area contributed by atoms with E-state index in [0.717, 1.165) is 36.5 Å². The largest absolute Gasteiger partial charge is 0.333 e. The SMILES string of the molecule is CN1CCC[C@@H]1[C@@H]1CCCN1C(=O)c1sccc1-n1cnnn1. The number of nitrogens with zero attached hydrogens (tertiary/aromatic N) is 6. The van der Waals surface area contributed by atoms with Gasteiger partial charge in [-0.3, -0.25) is 4.79 Å². The summed E-state index contributed by atoms with van der Waals surface area (Å²) in [5.41, 5.74) is 0.774. The number of hydrogen-bond acceptors (Lipinski definition) is 6. The van der Waals surface area contributed by atoms with E-state index in [1.165, 1.54) is 30.5 Å². The average molecular weight is 332 g/mol. The molecule has 1 amide bonds. The van der Waals surface area contributed by atoms with Crippen LogP contribution in [-0.2, 0) is 0 Å². The summed E-state index contributed by atoms with van der Waals surface area (Å²) >= 11 is 1.47. The number of carbonyl (C=O) groups is 1. The Balaban J connectivity index is 1.60. The van der Waals surface area contributed by atoms with E-state index in [-0.39, 0.29) is 5.91 Å². The zero-order valence-corrected chi connectivity index (χ0v) is 13.9. The van der Waals surface area contributed by atoms with Crippen molar-refractivity contribution in [1.82, 2.24) is 30.0 Å². The number of thiophene rings is 1. The van der Waals surface area contributed by atoms with Gasteiger partial charge in [0.1, 0.15) is 11.2 Å². The second kappa shape index (κ2) is 6.01. The molecule has 0 unspecified atom stereocenters. The van der Waals surface area contributed by atoms with Crippen LogP contribution < -0.4 is 0 Å². The fourth-order valence-corrected chi connectivity index (χ4v) is 4.75. The Kier molecular flexibility index (Phi) is 3.86. The molecule has 7 nitrogen and oxygen atoms in total. The monoisotopic (exact) mass is 332 g/mol. The van der Waals surface area contributed by atoms with Crippen LogP contribution in [0.1, 0.15) is 35.4 Å². The summed E-state index contributed by atoms with van der Waals surface area (Å²) in [7, 11) is 2.18. The highest BCUT2D eigenvalue weighted by atomic mass is 32.1. The van der Waals surface area contributed by atoms with E-state index in [4.69, 9.17) is 0 Å². The minimum Gasteiger partial charge on any atom is -0.333 e. The first kappa shape index (κ1) is 14.8. The molecule has 2 aromatic heterocycles. The van der Waals surface area contributed by atoms with Gasteiger partial charge < -0.3 is 9.80 Å². The first-order valence-electron chi connectivity index (χ1n) is 8.08. The summed E-state index contributed by atoms with van der Waals surface area (Å²) in [6, 6.07) is 2.73. The molecule has 2 saturated heterocycles. The lowest BCUT2D eigenvalue weighted by molar-refractivity contribution is 0.0669. The maximum Gasteiger partial charge on any atom is 0.266 e. The Labute approximate surface area is 138 Å². The number of amides is 1. The first-order valence-corrected chi connectivity index (χ1v) is 8.96. The Bertz CT molecular complexity index is 684. The lowest BCUT2D eigenvalue weighted by atomic mass is 10.0. The lowest BCUT2D eigenvalue weighted by Crippen LogP contribution is -2.47. The van der Waals surface area contributed by atoms with E-state index in [1.54, 1.807) is 4.68 Å². The molecule has 4 rings (SSSR count). The molecule has 2 aromatic rings. The van der Waals surface area contributed by atoms with Gasteiger partial charge in [-0.1, -0.05) is 0 Å². The third-order valence-corrected chi connectivity index (χ3v) is 5.91. The van der Waals surface area contributed by atoms with E-state index >= 15 is 0 Å². The van der Waals surface area contributed by atoms with Crippen molar-refractivity contribution in [1.29, 1.82) is 0 Å². The van der Waals surface area contributed by atoms with Crippen LogP contribution in [0.4, 0.5) is 0 Å². The van der Waals surface area contributed by atoms with Crippen molar-refractivity contribution in [2.75, 3.05) is 20.1 Å². The summed E-state index contributed by atoms with van der Waals surface area (Å²) < 4.78 is 1.57. The fourth-order valence-electron chi connectivity index (χ4n) is 3.91. The molecule has 0 radical (unpaired) electrons. The second-order valence-corrected chi connectivity index (χ2v) is 7.20. The van der Waals surface area contributed by atoms with Crippen LogP contribution in [0.5, 0.6) is 0 Å². The number of hydrogen-bond donors (Lipinski definition) is 0. The van der Waals surface area contributed by atoms with Gasteiger partial charge in [0, 0.05) is 18.6 Å². The van der Waals surface area contributed by atoms with Crippen LogP contribution in [0.25, 0.3) is 5.69 Å². The van der Waals surface area contributed by atoms with Gasteiger partial charge in [-0.25, -0.2) is 0 Å². The highest BCUT2D eigenvalue weighted by molar-refractivity contribution is 7.12. The molecule has 0 aromatic carbocycles. The van der Waals surface area contributed by atoms with Crippen LogP contribution >= 0.6 is 11.3 Å². The average Bonchev–Trinajstić information content (AvgIpc) is 3.31. The summed E-state index contributed by atoms with van der Waals surface area (Å²) in [6.07, 6.45) is 6.15. The molecule has 23 heavy (non-hydrogen) atoms. The van der Waals surface area contributed by atoms with Gasteiger partial charge in [-0.05, 0) is 61.1 Å². The van der Waals surface area contributed by atoms with E-state index in [0.29, 0.717) is 12.1 Å². The number of rotatable bonds is 3. The fraction of sp³-hybridized carbons (Fsp3) is 0.600. The van der Waals surface area contributed by atoms with Crippen molar-refractivity contribution in [3.05, 3.63) is 22.7 Å². The van der Waals surface area contributed by atoms with Crippen LogP contribution in [-0.4, -0.2) is 68.1 Å². The Morgan fingerprint density at radius 3 is 2.83 bits per heavy atom. The second-order valence-electron chi connectivity index (χ2n) is 6.29. The predicted octanol–water partition coefficient (Wildman–Crippen LogP) is 1.42. The molecular formula is C15H20N6OS. The summed E-state index contributed by atoms with van der Waals surface area (Å²) in [5, 5.41) is 13.2. The number of tetrazole rings is 1. The molecule has 2 atom stereocenters. The first-order chi connectivity index (χ1) is 11.3. The van der Waals surface area contributed by atoms with Gasteiger partial charge in [-0.2, -0.15) is 4.68 Å². The molecule has 2 aliphatic rings. The molecule has 0 aliphatic carbocycles. The Hall–Kier alpha value is -1.80. The maximum atomic E-state index is 13.1. The Morgan fingerprint density at radius 2 is 2.09 bits per heavy atom. The molecule has 0 spiro atoms. The zero-order chi connectivity index (χ0) is 15.8. The predicted molar refractivity (Wildman–Crippen MR) is 86.7 cm³/mol. The van der Waals surface area contributed by atoms with Crippen molar-refractivity contribution in [3.8, 4) is 5.69 Å². The van der Waals surface area contributed by atoms with Gasteiger partial charge in [0.25, 0.3) is 5.91 Å². The Morgan fingerprint density at radius 1 is 1.26 bits per heavy atom. The maximum absolute atomic E-state index is 13.1. The molecule has 4 heterocycles. The molecule has 0 saturated carbocycles. The van der Waals surface area contributed by atoms with Crippen LogP contribution in [0.2, 0.25) is 0 Å². The summed E-state index contributed by atoms with van der Waals surface area (Å²) in [4.78, 5) is 18.3. The number of aromatic nitrogens is 4.